The summed E-state index contributed by atoms with van der Waals surface area (Å²) < 4.78 is 26.6. The highest BCUT2D eigenvalue weighted by Crippen LogP contribution is 2.33. The number of nitrogens with zero attached hydrogens (tertiary/aromatic N) is 5. The van der Waals surface area contributed by atoms with E-state index in [0.717, 1.165) is 21.2 Å². The number of hydrogen-bond acceptors (Lipinski definition) is 7. The van der Waals surface area contributed by atoms with Crippen molar-refractivity contribution < 1.29 is 13.2 Å². The summed E-state index contributed by atoms with van der Waals surface area (Å²) >= 11 is 1.48. The fraction of sp³-hybridized carbons (Fsp3) is 0.421. The summed E-state index contributed by atoms with van der Waals surface area (Å²) in [6.07, 6.45) is 1.20. The Morgan fingerprint density at radius 1 is 1.17 bits per heavy atom. The van der Waals surface area contributed by atoms with Gasteiger partial charge in [-0.15, -0.1) is 0 Å². The van der Waals surface area contributed by atoms with Crippen LogP contribution in [0.25, 0.3) is 10.2 Å². The second kappa shape index (κ2) is 7.42. The van der Waals surface area contributed by atoms with Crippen molar-refractivity contribution in [2.24, 2.45) is 0 Å². The minimum Gasteiger partial charge on any atom is -0.345 e. The quantitative estimate of drug-likeness (QED) is 0.624. The summed E-state index contributed by atoms with van der Waals surface area (Å²) in [7, 11) is -3.33. The Bertz CT molecular complexity index is 1170. The Kier molecular flexibility index (Phi) is 5.07. The van der Waals surface area contributed by atoms with E-state index in [4.69, 9.17) is 0 Å². The number of aromatic nitrogens is 3. The van der Waals surface area contributed by atoms with Gasteiger partial charge in [0, 0.05) is 38.1 Å². The number of amides is 1. The summed E-state index contributed by atoms with van der Waals surface area (Å²) in [4.78, 5) is 21.5. The molecule has 3 aromatic rings. The van der Waals surface area contributed by atoms with Crippen LogP contribution in [0.1, 0.15) is 11.4 Å². The first-order chi connectivity index (χ1) is 13.7. The predicted molar refractivity (Wildman–Crippen MR) is 113 cm³/mol. The minimum absolute atomic E-state index is 0.0551. The van der Waals surface area contributed by atoms with E-state index in [9.17, 15) is 13.2 Å². The molecule has 1 aromatic carbocycles. The second-order valence-corrected chi connectivity index (χ2v) is 10.3. The van der Waals surface area contributed by atoms with Gasteiger partial charge in [0.1, 0.15) is 12.1 Å². The number of rotatable bonds is 4. The van der Waals surface area contributed by atoms with Gasteiger partial charge in [0.15, 0.2) is 15.0 Å². The number of sulfone groups is 1. The van der Waals surface area contributed by atoms with Crippen molar-refractivity contribution in [3.05, 3.63) is 35.7 Å². The Balaban J connectivity index is 1.46. The molecule has 0 saturated carbocycles. The Morgan fingerprint density at radius 2 is 1.90 bits per heavy atom. The zero-order chi connectivity index (χ0) is 20.8. The lowest BCUT2D eigenvalue weighted by Crippen LogP contribution is -2.49. The molecule has 1 aliphatic heterocycles. The lowest BCUT2D eigenvalue weighted by atomic mass is 10.3. The van der Waals surface area contributed by atoms with E-state index in [1.807, 2.05) is 30.9 Å². The molecule has 154 valence electrons. The third-order valence-electron chi connectivity index (χ3n) is 5.06. The number of anilines is 1. The number of para-hydroxylation sites is 1. The van der Waals surface area contributed by atoms with E-state index < -0.39 is 9.84 Å². The fourth-order valence-corrected chi connectivity index (χ4v) is 5.50. The molecule has 0 atom stereocenters. The molecule has 0 radical (unpaired) electrons. The third-order valence-corrected chi connectivity index (χ3v) is 7.27. The first-order valence-corrected chi connectivity index (χ1v) is 12.1. The summed E-state index contributed by atoms with van der Waals surface area (Å²) in [5.74, 6) is 0.0551. The van der Waals surface area contributed by atoms with Crippen molar-refractivity contribution in [3.8, 4) is 0 Å². The summed E-state index contributed by atoms with van der Waals surface area (Å²) in [6.45, 7) is 6.65. The average Bonchev–Trinajstić information content (AvgIpc) is 3.23. The van der Waals surface area contributed by atoms with E-state index >= 15 is 0 Å². The van der Waals surface area contributed by atoms with Crippen LogP contribution in [0, 0.1) is 13.8 Å². The van der Waals surface area contributed by atoms with Crippen LogP contribution in [0.4, 0.5) is 5.13 Å². The number of benzene rings is 1. The van der Waals surface area contributed by atoms with Gasteiger partial charge < -0.3 is 9.80 Å². The van der Waals surface area contributed by atoms with Crippen LogP contribution >= 0.6 is 11.3 Å². The molecule has 1 saturated heterocycles. The van der Waals surface area contributed by atoms with E-state index in [2.05, 4.69) is 15.0 Å². The Hall–Kier alpha value is -2.46. The highest BCUT2D eigenvalue weighted by molar-refractivity contribution is 7.91. The van der Waals surface area contributed by atoms with Crippen molar-refractivity contribution in [3.63, 3.8) is 0 Å². The molecule has 0 aliphatic carbocycles. The molecule has 1 amide bonds. The lowest BCUT2D eigenvalue weighted by Gasteiger charge is -2.34. The fourth-order valence-electron chi connectivity index (χ4n) is 3.56. The molecule has 8 nitrogen and oxygen atoms in total. The molecule has 3 heterocycles. The average molecular weight is 434 g/mol. The van der Waals surface area contributed by atoms with E-state index in [0.29, 0.717) is 31.7 Å². The number of carbonyl (C=O) groups is 1. The van der Waals surface area contributed by atoms with Gasteiger partial charge in [0.05, 0.1) is 15.3 Å². The van der Waals surface area contributed by atoms with Crippen molar-refractivity contribution in [2.45, 2.75) is 25.3 Å². The zero-order valence-corrected chi connectivity index (χ0v) is 18.3. The third kappa shape index (κ3) is 3.99. The molecule has 10 heteroatoms. The van der Waals surface area contributed by atoms with Crippen molar-refractivity contribution in [1.82, 2.24) is 19.7 Å². The maximum absolute atomic E-state index is 12.6. The van der Waals surface area contributed by atoms with Crippen molar-refractivity contribution in [1.29, 1.82) is 0 Å². The first-order valence-electron chi connectivity index (χ1n) is 9.36. The van der Waals surface area contributed by atoms with Crippen LogP contribution in [0.3, 0.4) is 0 Å². The van der Waals surface area contributed by atoms with E-state index in [-0.39, 0.29) is 17.3 Å². The highest BCUT2D eigenvalue weighted by Gasteiger charge is 2.25. The number of carbonyl (C=O) groups excluding carboxylic acids is 1. The molecular weight excluding hydrogens is 410 g/mol. The summed E-state index contributed by atoms with van der Waals surface area (Å²) in [6, 6.07) is 7.19. The minimum atomic E-state index is -3.33. The number of thiazole rings is 1. The van der Waals surface area contributed by atoms with Gasteiger partial charge in [0.25, 0.3) is 0 Å². The lowest BCUT2D eigenvalue weighted by molar-refractivity contribution is -0.132. The van der Waals surface area contributed by atoms with E-state index in [1.54, 1.807) is 16.8 Å². The van der Waals surface area contributed by atoms with Crippen LogP contribution < -0.4 is 4.90 Å². The highest BCUT2D eigenvalue weighted by atomic mass is 32.2. The van der Waals surface area contributed by atoms with Gasteiger partial charge in [-0.25, -0.2) is 13.4 Å². The van der Waals surface area contributed by atoms with Crippen molar-refractivity contribution in [2.75, 3.05) is 37.3 Å². The summed E-state index contributed by atoms with van der Waals surface area (Å²) in [5.41, 5.74) is 2.41. The molecule has 1 aliphatic rings. The van der Waals surface area contributed by atoms with Crippen LogP contribution in [0.15, 0.2) is 29.2 Å². The Morgan fingerprint density at radius 3 is 2.52 bits per heavy atom. The smallest absolute Gasteiger partial charge is 0.244 e. The molecule has 2 aromatic heterocycles. The SMILES string of the molecule is Cc1cc(C)n(CC(=O)N2CCN(c3nc4c(S(C)(=O)=O)cccc4s3)CC2)n1. The maximum atomic E-state index is 12.6. The number of aryl methyl sites for hydroxylation is 2. The van der Waals surface area contributed by atoms with Crippen LogP contribution in [-0.2, 0) is 21.2 Å². The molecule has 1 fully saturated rings. The molecule has 0 unspecified atom stereocenters. The molecule has 4 rings (SSSR count). The topological polar surface area (TPSA) is 88.4 Å². The van der Waals surface area contributed by atoms with Gasteiger partial charge in [0.2, 0.25) is 5.91 Å². The summed E-state index contributed by atoms with van der Waals surface area (Å²) in [5, 5.41) is 5.15. The van der Waals surface area contributed by atoms with E-state index in [1.165, 1.54) is 17.6 Å². The van der Waals surface area contributed by atoms with Gasteiger partial charge in [-0.2, -0.15) is 5.10 Å². The molecule has 0 spiro atoms. The number of piperazine rings is 1. The number of hydrogen-bond donors (Lipinski definition) is 0. The molecular formula is C19H23N5O3S2. The van der Waals surface area contributed by atoms with Gasteiger partial charge in [-0.05, 0) is 32.0 Å². The molecule has 0 N–H and O–H groups in total. The second-order valence-electron chi connectivity index (χ2n) is 7.32. The Labute approximate surface area is 173 Å². The zero-order valence-electron chi connectivity index (χ0n) is 16.6. The van der Waals surface area contributed by atoms with Crippen molar-refractivity contribution >= 4 is 42.4 Å². The maximum Gasteiger partial charge on any atom is 0.244 e. The number of fused-ring (bicyclic) bond motifs is 1. The van der Waals surface area contributed by atoms with Gasteiger partial charge in [-0.3, -0.25) is 9.48 Å². The standard InChI is InChI=1S/C19H23N5O3S2/c1-13-11-14(2)24(21-13)12-17(25)22-7-9-23(10-8-22)19-20-18-15(28-19)5-4-6-16(18)29(3,26)27/h4-6,11H,7-10,12H2,1-3H3. The molecule has 0 bridgehead atoms. The van der Waals surface area contributed by atoms with Crippen LogP contribution in [0.5, 0.6) is 0 Å². The van der Waals surface area contributed by atoms with Crippen LogP contribution in [0.2, 0.25) is 0 Å². The largest absolute Gasteiger partial charge is 0.345 e. The van der Waals surface area contributed by atoms with Crippen LogP contribution in [-0.4, -0.2) is 66.4 Å². The van der Waals surface area contributed by atoms with Gasteiger partial charge >= 0.3 is 0 Å². The normalized spacial score (nSPS) is 15.3. The first kappa shape index (κ1) is 19.8. The molecule has 29 heavy (non-hydrogen) atoms. The van der Waals surface area contributed by atoms with Gasteiger partial charge in [-0.1, -0.05) is 17.4 Å². The monoisotopic (exact) mass is 433 g/mol. The predicted octanol–water partition coefficient (Wildman–Crippen LogP) is 1.86.